The molecular weight excluding hydrogens is 226 g/mol. The second-order valence-electron chi connectivity index (χ2n) is 5.45. The summed E-state index contributed by atoms with van der Waals surface area (Å²) in [6.45, 7) is 8.48. The van der Waals surface area contributed by atoms with Crippen molar-refractivity contribution in [3.05, 3.63) is 0 Å². The number of nitrogens with one attached hydrogen (secondary N) is 1. The minimum atomic E-state index is -2.99. The first-order chi connectivity index (χ1) is 7.02. The first-order valence-corrected chi connectivity index (χ1v) is 7.53. The Morgan fingerprint density at radius 3 is 2.19 bits per heavy atom. The van der Waals surface area contributed by atoms with Gasteiger partial charge in [0, 0.05) is 19.2 Å². The SMILES string of the molecule is CC(CC(=O)NCCS(C)(=O)=O)C(C)(C)C. The molecule has 0 aromatic rings. The van der Waals surface area contributed by atoms with Crippen molar-refractivity contribution in [1.29, 1.82) is 0 Å². The van der Waals surface area contributed by atoms with Crippen molar-refractivity contribution in [2.75, 3.05) is 18.6 Å². The minimum absolute atomic E-state index is 0.00262. The topological polar surface area (TPSA) is 63.2 Å². The van der Waals surface area contributed by atoms with Gasteiger partial charge in [0.2, 0.25) is 5.91 Å². The maximum atomic E-state index is 11.5. The number of carbonyl (C=O) groups is 1. The Balaban J connectivity index is 3.93. The number of hydrogen-bond acceptors (Lipinski definition) is 3. The van der Waals surface area contributed by atoms with Crippen LogP contribution < -0.4 is 5.32 Å². The molecule has 4 nitrogen and oxygen atoms in total. The number of rotatable bonds is 5. The Hall–Kier alpha value is -0.580. The molecule has 0 aromatic heterocycles. The molecule has 0 spiro atoms. The van der Waals surface area contributed by atoms with Gasteiger partial charge < -0.3 is 5.32 Å². The molecule has 0 bridgehead atoms. The normalized spacial score (nSPS) is 14.6. The lowest BCUT2D eigenvalue weighted by molar-refractivity contribution is -0.122. The fourth-order valence-electron chi connectivity index (χ4n) is 1.03. The van der Waals surface area contributed by atoms with Crippen LogP contribution in [0.25, 0.3) is 0 Å². The van der Waals surface area contributed by atoms with Crippen LogP contribution in [0.2, 0.25) is 0 Å². The van der Waals surface area contributed by atoms with Gasteiger partial charge in [-0.05, 0) is 11.3 Å². The van der Waals surface area contributed by atoms with E-state index in [9.17, 15) is 13.2 Å². The smallest absolute Gasteiger partial charge is 0.220 e. The highest BCUT2D eigenvalue weighted by Crippen LogP contribution is 2.27. The molecule has 96 valence electrons. The summed E-state index contributed by atoms with van der Waals surface area (Å²) in [6.07, 6.45) is 1.60. The monoisotopic (exact) mass is 249 g/mol. The Labute approximate surface area is 98.7 Å². The zero-order valence-corrected chi connectivity index (χ0v) is 11.6. The standard InChI is InChI=1S/C11H23NO3S/c1-9(11(2,3)4)8-10(13)12-6-7-16(5,14)15/h9H,6-8H2,1-5H3,(H,12,13). The summed E-state index contributed by atoms with van der Waals surface area (Å²) < 4.78 is 21.7. The minimum Gasteiger partial charge on any atom is -0.355 e. The fraction of sp³-hybridized carbons (Fsp3) is 0.909. The Morgan fingerprint density at radius 2 is 1.81 bits per heavy atom. The lowest BCUT2D eigenvalue weighted by Gasteiger charge is -2.26. The molecule has 1 unspecified atom stereocenters. The van der Waals surface area contributed by atoms with Crippen LogP contribution in [-0.2, 0) is 14.6 Å². The molecule has 0 rings (SSSR count). The first-order valence-electron chi connectivity index (χ1n) is 5.47. The summed E-state index contributed by atoms with van der Waals surface area (Å²) in [6, 6.07) is 0. The molecule has 0 radical (unpaired) electrons. The summed E-state index contributed by atoms with van der Waals surface area (Å²) in [5.74, 6) is 0.194. The molecule has 0 aliphatic heterocycles. The van der Waals surface area contributed by atoms with Crippen LogP contribution in [0.4, 0.5) is 0 Å². The summed E-state index contributed by atoms with van der Waals surface area (Å²) in [7, 11) is -2.99. The summed E-state index contributed by atoms with van der Waals surface area (Å²) in [5, 5.41) is 2.62. The van der Waals surface area contributed by atoms with Crippen LogP contribution in [0.15, 0.2) is 0 Å². The van der Waals surface area contributed by atoms with E-state index in [1.165, 1.54) is 0 Å². The van der Waals surface area contributed by atoms with E-state index in [1.54, 1.807) is 0 Å². The highest BCUT2D eigenvalue weighted by molar-refractivity contribution is 7.90. The molecule has 0 saturated carbocycles. The number of hydrogen-bond donors (Lipinski definition) is 1. The van der Waals surface area contributed by atoms with Gasteiger partial charge in [-0.2, -0.15) is 0 Å². The second-order valence-corrected chi connectivity index (χ2v) is 7.71. The second kappa shape index (κ2) is 5.66. The molecule has 1 atom stereocenters. The van der Waals surface area contributed by atoms with E-state index in [-0.39, 0.29) is 29.5 Å². The van der Waals surface area contributed by atoms with E-state index in [2.05, 4.69) is 26.1 Å². The lowest BCUT2D eigenvalue weighted by atomic mass is 9.80. The van der Waals surface area contributed by atoms with Gasteiger partial charge >= 0.3 is 0 Å². The van der Waals surface area contributed by atoms with E-state index >= 15 is 0 Å². The maximum Gasteiger partial charge on any atom is 0.220 e. The van der Waals surface area contributed by atoms with Crippen molar-refractivity contribution in [3.8, 4) is 0 Å². The van der Waals surface area contributed by atoms with Gasteiger partial charge in [0.15, 0.2) is 0 Å². The van der Waals surface area contributed by atoms with E-state index in [0.717, 1.165) is 6.26 Å². The van der Waals surface area contributed by atoms with Crippen molar-refractivity contribution < 1.29 is 13.2 Å². The van der Waals surface area contributed by atoms with E-state index in [1.807, 2.05) is 6.92 Å². The number of amides is 1. The highest BCUT2D eigenvalue weighted by Gasteiger charge is 2.22. The van der Waals surface area contributed by atoms with Gasteiger partial charge in [0.25, 0.3) is 0 Å². The summed E-state index contributed by atoms with van der Waals surface area (Å²) in [4.78, 5) is 11.5. The van der Waals surface area contributed by atoms with Gasteiger partial charge in [0.05, 0.1) is 5.75 Å². The van der Waals surface area contributed by atoms with Crippen LogP contribution in [0.3, 0.4) is 0 Å². The largest absolute Gasteiger partial charge is 0.355 e. The number of sulfone groups is 1. The molecule has 16 heavy (non-hydrogen) atoms. The van der Waals surface area contributed by atoms with Crippen LogP contribution in [0, 0.1) is 11.3 Å². The van der Waals surface area contributed by atoms with Crippen LogP contribution in [0.5, 0.6) is 0 Å². The quantitative estimate of drug-likeness (QED) is 0.797. The fourth-order valence-corrected chi connectivity index (χ4v) is 1.51. The third-order valence-corrected chi connectivity index (χ3v) is 3.71. The van der Waals surface area contributed by atoms with Gasteiger partial charge in [-0.1, -0.05) is 27.7 Å². The van der Waals surface area contributed by atoms with E-state index < -0.39 is 9.84 Å². The predicted molar refractivity (Wildman–Crippen MR) is 66.0 cm³/mol. The highest BCUT2D eigenvalue weighted by atomic mass is 32.2. The number of carbonyl (C=O) groups excluding carboxylic acids is 1. The van der Waals surface area contributed by atoms with Crippen molar-refractivity contribution in [2.45, 2.75) is 34.1 Å². The molecule has 0 aliphatic carbocycles. The molecular formula is C11H23NO3S. The molecule has 0 heterocycles. The molecule has 0 fully saturated rings. The molecule has 0 saturated heterocycles. The molecule has 1 amide bonds. The van der Waals surface area contributed by atoms with Gasteiger partial charge in [-0.3, -0.25) is 4.79 Å². The molecule has 0 aromatic carbocycles. The molecule has 1 N–H and O–H groups in total. The Bertz CT molecular complexity index is 328. The van der Waals surface area contributed by atoms with Crippen LogP contribution in [-0.4, -0.2) is 32.9 Å². The average molecular weight is 249 g/mol. The van der Waals surface area contributed by atoms with E-state index in [0.29, 0.717) is 6.42 Å². The maximum absolute atomic E-state index is 11.5. The van der Waals surface area contributed by atoms with Gasteiger partial charge in [-0.25, -0.2) is 8.42 Å². The van der Waals surface area contributed by atoms with Crippen molar-refractivity contribution >= 4 is 15.7 Å². The summed E-state index contributed by atoms with van der Waals surface area (Å²) >= 11 is 0. The zero-order valence-electron chi connectivity index (χ0n) is 10.8. The van der Waals surface area contributed by atoms with Gasteiger partial charge in [-0.15, -0.1) is 0 Å². The van der Waals surface area contributed by atoms with Crippen molar-refractivity contribution in [3.63, 3.8) is 0 Å². The molecule has 5 heteroatoms. The molecule has 0 aliphatic rings. The summed E-state index contributed by atoms with van der Waals surface area (Å²) in [5.41, 5.74) is 0.0914. The third kappa shape index (κ3) is 7.68. The first kappa shape index (κ1) is 15.4. The van der Waals surface area contributed by atoms with Crippen LogP contribution in [0.1, 0.15) is 34.1 Å². The van der Waals surface area contributed by atoms with Gasteiger partial charge in [0.1, 0.15) is 9.84 Å². The van der Waals surface area contributed by atoms with Crippen molar-refractivity contribution in [2.24, 2.45) is 11.3 Å². The lowest BCUT2D eigenvalue weighted by Crippen LogP contribution is -2.32. The predicted octanol–water partition coefficient (Wildman–Crippen LogP) is 1.22. The zero-order chi connectivity index (χ0) is 13.0. The van der Waals surface area contributed by atoms with Crippen LogP contribution >= 0.6 is 0 Å². The van der Waals surface area contributed by atoms with Crippen molar-refractivity contribution in [1.82, 2.24) is 5.32 Å². The van der Waals surface area contributed by atoms with E-state index in [4.69, 9.17) is 0 Å². The Kier molecular flexibility index (Phi) is 5.46. The average Bonchev–Trinajstić information content (AvgIpc) is 1.99. The Morgan fingerprint density at radius 1 is 1.31 bits per heavy atom. The third-order valence-electron chi connectivity index (χ3n) is 2.77.